The second-order valence-corrected chi connectivity index (χ2v) is 18.0. The van der Waals surface area contributed by atoms with Crippen molar-refractivity contribution in [3.63, 3.8) is 0 Å². The van der Waals surface area contributed by atoms with Gasteiger partial charge in [-0.3, -0.25) is 0 Å². The fourth-order valence-electron chi connectivity index (χ4n) is 11.9. The van der Waals surface area contributed by atoms with Gasteiger partial charge in [0.2, 0.25) is 0 Å². The number of fused-ring (bicyclic) bond motifs is 4. The van der Waals surface area contributed by atoms with Crippen LogP contribution in [0.3, 0.4) is 0 Å². The summed E-state index contributed by atoms with van der Waals surface area (Å²) < 4.78 is 0. The largest absolute Gasteiger partial charge is 0.334 e. The fourth-order valence-corrected chi connectivity index (χ4v) is 11.9. The Kier molecular flexibility index (Phi) is 6.32. The van der Waals surface area contributed by atoms with Crippen LogP contribution in [0, 0.1) is 24.7 Å². The fraction of sp³-hybridized carbons (Fsp3) is 0.417. The van der Waals surface area contributed by atoms with Gasteiger partial charge in [0.05, 0.1) is 0 Å². The zero-order chi connectivity index (χ0) is 34.2. The van der Waals surface area contributed by atoms with E-state index < -0.39 is 0 Å². The van der Waals surface area contributed by atoms with E-state index in [0.717, 1.165) is 0 Å². The highest BCUT2D eigenvalue weighted by molar-refractivity contribution is 6.27. The zero-order valence-corrected chi connectivity index (χ0v) is 31.0. The second kappa shape index (κ2) is 10.3. The molecule has 0 bridgehead atoms. The van der Waals surface area contributed by atoms with E-state index in [4.69, 9.17) is 0 Å². The first-order valence-electron chi connectivity index (χ1n) is 19.5. The first-order valence-corrected chi connectivity index (χ1v) is 19.5. The van der Waals surface area contributed by atoms with Gasteiger partial charge < -0.3 is 9.80 Å². The van der Waals surface area contributed by atoms with Crippen molar-refractivity contribution in [3.8, 4) is 0 Å². The lowest BCUT2D eigenvalue weighted by atomic mass is 9.57. The third-order valence-electron chi connectivity index (χ3n) is 15.1. The van der Waals surface area contributed by atoms with Gasteiger partial charge in [0, 0.05) is 44.6 Å². The molecule has 6 aromatic carbocycles. The van der Waals surface area contributed by atoms with Crippen LogP contribution in [0.4, 0.5) is 22.7 Å². The molecule has 50 heavy (non-hydrogen) atoms. The minimum Gasteiger partial charge on any atom is -0.334 e. The van der Waals surface area contributed by atoms with Crippen molar-refractivity contribution in [1.82, 2.24) is 0 Å². The highest BCUT2D eigenvalue weighted by atomic mass is 15.2. The van der Waals surface area contributed by atoms with Gasteiger partial charge in [0.25, 0.3) is 0 Å². The van der Waals surface area contributed by atoms with E-state index in [1.54, 1.807) is 0 Å². The van der Waals surface area contributed by atoms with Gasteiger partial charge in [0.1, 0.15) is 0 Å². The number of rotatable bonds is 2. The summed E-state index contributed by atoms with van der Waals surface area (Å²) in [5, 5.41) is 8.34. The van der Waals surface area contributed by atoms with Crippen molar-refractivity contribution in [1.29, 1.82) is 0 Å². The maximum atomic E-state index is 2.81. The Balaban J connectivity index is 1.24. The van der Waals surface area contributed by atoms with E-state index in [0.29, 0.717) is 0 Å². The van der Waals surface area contributed by atoms with E-state index in [-0.39, 0.29) is 21.9 Å². The van der Waals surface area contributed by atoms with Crippen LogP contribution >= 0.6 is 0 Å². The summed E-state index contributed by atoms with van der Waals surface area (Å²) >= 11 is 0. The van der Waals surface area contributed by atoms with Crippen LogP contribution in [0.15, 0.2) is 84.9 Å². The van der Waals surface area contributed by atoms with Crippen LogP contribution in [-0.4, -0.2) is 11.1 Å². The van der Waals surface area contributed by atoms with Gasteiger partial charge in [-0.05, 0) is 134 Å². The Morgan fingerprint density at radius 2 is 0.820 bits per heavy atom. The van der Waals surface area contributed by atoms with E-state index in [1.165, 1.54) is 142 Å². The Bertz CT molecular complexity index is 2190. The molecule has 2 nitrogen and oxygen atoms in total. The van der Waals surface area contributed by atoms with E-state index in [9.17, 15) is 0 Å². The molecule has 2 aliphatic heterocycles. The summed E-state index contributed by atoms with van der Waals surface area (Å²) in [7, 11) is 0. The second-order valence-electron chi connectivity index (χ2n) is 18.0. The predicted molar refractivity (Wildman–Crippen MR) is 214 cm³/mol. The zero-order valence-electron chi connectivity index (χ0n) is 31.0. The maximum Gasteiger partial charge on any atom is 0.0496 e. The molecule has 0 spiro atoms. The average Bonchev–Trinajstić information content (AvgIpc) is 3.09. The van der Waals surface area contributed by atoms with Crippen molar-refractivity contribution in [2.45, 2.75) is 117 Å². The van der Waals surface area contributed by atoms with Crippen LogP contribution in [0.2, 0.25) is 0 Å². The molecule has 0 radical (unpaired) electrons. The maximum absolute atomic E-state index is 2.81. The standard InChI is InChI=1S/C48H52N2/c1-31-11-19-39-35(27-31)29-45(3)23-7-9-25-47(45,5)49(39)41-21-15-33-14-18-38-42(22-16-34-13-17-37(41)43(33)44(34)38)50-40-20-12-32(2)28-36(40)30-46(4)24-8-10-26-48(46,50)6/h11-22,27-28H,7-10,23-26,29-30H2,1-6H3. The first kappa shape index (κ1) is 30.8. The lowest BCUT2D eigenvalue weighted by Crippen LogP contribution is -2.60. The molecule has 0 amide bonds. The molecule has 2 heterocycles. The molecule has 4 atom stereocenters. The quantitative estimate of drug-likeness (QED) is 0.171. The molecule has 2 aliphatic carbocycles. The van der Waals surface area contributed by atoms with Crippen LogP contribution in [-0.2, 0) is 12.8 Å². The Morgan fingerprint density at radius 3 is 1.26 bits per heavy atom. The topological polar surface area (TPSA) is 6.48 Å². The van der Waals surface area contributed by atoms with Crippen LogP contribution in [0.5, 0.6) is 0 Å². The monoisotopic (exact) mass is 656 g/mol. The molecule has 0 N–H and O–H groups in total. The van der Waals surface area contributed by atoms with Crippen molar-refractivity contribution in [2.75, 3.05) is 9.80 Å². The summed E-state index contributed by atoms with van der Waals surface area (Å²) in [5.74, 6) is 0. The number of hydrogen-bond donors (Lipinski definition) is 0. The SMILES string of the molecule is Cc1ccc2c(c1)CC1(C)CCCCC1(C)N2c1ccc2ccc3c(N4c5ccc(C)cc5CC5(C)CCCCC45C)ccc4ccc1c2c43. The van der Waals surface area contributed by atoms with Crippen LogP contribution in [0.1, 0.15) is 101 Å². The van der Waals surface area contributed by atoms with Gasteiger partial charge in [-0.2, -0.15) is 0 Å². The molecular weight excluding hydrogens is 605 g/mol. The highest BCUT2D eigenvalue weighted by Gasteiger charge is 2.55. The molecule has 0 aromatic heterocycles. The molecule has 4 unspecified atom stereocenters. The first-order chi connectivity index (χ1) is 24.0. The van der Waals surface area contributed by atoms with E-state index in [2.05, 4.69) is 136 Å². The average molecular weight is 657 g/mol. The number of nitrogens with zero attached hydrogens (tertiary/aromatic N) is 2. The molecule has 2 fully saturated rings. The lowest BCUT2D eigenvalue weighted by molar-refractivity contribution is 0.0864. The van der Waals surface area contributed by atoms with Crippen LogP contribution < -0.4 is 9.80 Å². The number of aryl methyl sites for hydroxylation is 2. The molecule has 2 heteroatoms. The Hall–Kier alpha value is -4.04. The molecular formula is C48H52N2. The number of hydrogen-bond acceptors (Lipinski definition) is 2. The smallest absolute Gasteiger partial charge is 0.0496 e. The normalized spacial score (nSPS) is 29.2. The summed E-state index contributed by atoms with van der Waals surface area (Å²) in [4.78, 5) is 5.63. The van der Waals surface area contributed by atoms with E-state index in [1.807, 2.05) is 0 Å². The van der Waals surface area contributed by atoms with Crippen molar-refractivity contribution >= 4 is 55.1 Å². The van der Waals surface area contributed by atoms with Crippen molar-refractivity contribution < 1.29 is 0 Å². The highest BCUT2D eigenvalue weighted by Crippen LogP contribution is 2.61. The third-order valence-corrected chi connectivity index (χ3v) is 15.1. The van der Waals surface area contributed by atoms with Gasteiger partial charge in [-0.15, -0.1) is 0 Å². The van der Waals surface area contributed by atoms with Gasteiger partial charge in [0.15, 0.2) is 0 Å². The Morgan fingerprint density at radius 1 is 0.440 bits per heavy atom. The molecule has 10 rings (SSSR count). The molecule has 2 saturated carbocycles. The number of anilines is 4. The third kappa shape index (κ3) is 3.91. The van der Waals surface area contributed by atoms with Gasteiger partial charge in [-0.1, -0.05) is 111 Å². The summed E-state index contributed by atoms with van der Waals surface area (Å²) in [6.07, 6.45) is 12.6. The molecule has 6 aromatic rings. The predicted octanol–water partition coefficient (Wildman–Crippen LogP) is 13.3. The summed E-state index contributed by atoms with van der Waals surface area (Å²) in [5.41, 5.74) is 11.9. The van der Waals surface area contributed by atoms with Gasteiger partial charge in [-0.25, -0.2) is 0 Å². The van der Waals surface area contributed by atoms with E-state index >= 15 is 0 Å². The minimum atomic E-state index is 0.0528. The van der Waals surface area contributed by atoms with Crippen molar-refractivity contribution in [2.24, 2.45) is 10.8 Å². The Labute approximate surface area is 298 Å². The van der Waals surface area contributed by atoms with Crippen LogP contribution in [0.25, 0.3) is 32.3 Å². The molecule has 4 aliphatic rings. The van der Waals surface area contributed by atoms with Gasteiger partial charge >= 0.3 is 0 Å². The summed E-state index contributed by atoms with van der Waals surface area (Å²) in [6, 6.07) is 34.0. The molecule has 254 valence electrons. The van der Waals surface area contributed by atoms with Crippen molar-refractivity contribution in [3.05, 3.63) is 107 Å². The minimum absolute atomic E-state index is 0.0528. The number of benzene rings is 6. The summed E-state index contributed by atoms with van der Waals surface area (Å²) in [6.45, 7) is 14.9. The lowest BCUT2D eigenvalue weighted by Gasteiger charge is -2.60. The molecule has 0 saturated heterocycles.